The van der Waals surface area contributed by atoms with Gasteiger partial charge in [0.2, 0.25) is 0 Å². The van der Waals surface area contributed by atoms with E-state index in [1.807, 2.05) is 31.2 Å². The number of allylic oxidation sites excluding steroid dienone is 1. The summed E-state index contributed by atoms with van der Waals surface area (Å²) in [6.45, 7) is 2.96. The number of benzene rings is 1. The summed E-state index contributed by atoms with van der Waals surface area (Å²) in [5.41, 5.74) is 2.79. The Bertz CT molecular complexity index is 719. The van der Waals surface area contributed by atoms with Gasteiger partial charge in [-0.2, -0.15) is 5.26 Å². The van der Waals surface area contributed by atoms with Crippen LogP contribution in [-0.4, -0.2) is 14.8 Å². The van der Waals surface area contributed by atoms with Crippen LogP contribution in [0.1, 0.15) is 42.0 Å². The van der Waals surface area contributed by atoms with Crippen LogP contribution < -0.4 is 0 Å². The molecule has 0 amide bonds. The van der Waals surface area contributed by atoms with Crippen molar-refractivity contribution in [1.82, 2.24) is 14.8 Å². The number of aryl methyl sites for hydroxylation is 2. The zero-order chi connectivity index (χ0) is 14.7. The molecule has 2 heterocycles. The van der Waals surface area contributed by atoms with Gasteiger partial charge in [0.05, 0.1) is 5.57 Å². The molecule has 0 atom stereocenters. The Morgan fingerprint density at radius 1 is 1.29 bits per heavy atom. The quantitative estimate of drug-likeness (QED) is 0.791. The molecule has 0 saturated carbocycles. The fourth-order valence-corrected chi connectivity index (χ4v) is 2.76. The van der Waals surface area contributed by atoms with Crippen molar-refractivity contribution in [2.75, 3.05) is 0 Å². The van der Waals surface area contributed by atoms with Crippen LogP contribution in [0, 0.1) is 18.3 Å². The van der Waals surface area contributed by atoms with Crippen molar-refractivity contribution in [1.29, 1.82) is 5.26 Å². The molecule has 0 radical (unpaired) electrons. The van der Waals surface area contributed by atoms with Gasteiger partial charge in [-0.3, -0.25) is 0 Å². The highest BCUT2D eigenvalue weighted by molar-refractivity contribution is 5.87. The third-order valence-electron chi connectivity index (χ3n) is 3.82. The first-order chi connectivity index (χ1) is 10.3. The third kappa shape index (κ3) is 2.87. The number of nitrogens with zero attached hydrogens (tertiary/aromatic N) is 4. The van der Waals surface area contributed by atoms with Crippen molar-refractivity contribution in [3.05, 3.63) is 47.0 Å². The van der Waals surface area contributed by atoms with Crippen LogP contribution in [0.25, 0.3) is 11.6 Å². The van der Waals surface area contributed by atoms with Crippen LogP contribution in [0.3, 0.4) is 0 Å². The number of fused-ring (bicyclic) bond motifs is 1. The van der Waals surface area contributed by atoms with Crippen molar-refractivity contribution in [3.8, 4) is 6.07 Å². The van der Waals surface area contributed by atoms with E-state index in [2.05, 4.69) is 26.9 Å². The van der Waals surface area contributed by atoms with E-state index >= 15 is 0 Å². The summed E-state index contributed by atoms with van der Waals surface area (Å²) in [4.78, 5) is 0. The first kappa shape index (κ1) is 13.6. The normalized spacial score (nSPS) is 15.1. The van der Waals surface area contributed by atoms with Crippen molar-refractivity contribution in [3.63, 3.8) is 0 Å². The molecule has 21 heavy (non-hydrogen) atoms. The largest absolute Gasteiger partial charge is 0.310 e. The zero-order valence-electron chi connectivity index (χ0n) is 12.2. The molecule has 3 rings (SSSR count). The molecular weight excluding hydrogens is 260 g/mol. The summed E-state index contributed by atoms with van der Waals surface area (Å²) in [5.74, 6) is 1.71. The molecule has 0 aliphatic carbocycles. The van der Waals surface area contributed by atoms with E-state index in [1.165, 1.54) is 12.0 Å². The molecule has 0 saturated heterocycles. The highest BCUT2D eigenvalue weighted by Crippen LogP contribution is 2.21. The highest BCUT2D eigenvalue weighted by atomic mass is 15.3. The predicted octanol–water partition coefficient (Wildman–Crippen LogP) is 3.38. The molecule has 1 aromatic carbocycles. The lowest BCUT2D eigenvalue weighted by molar-refractivity contribution is 0.627. The van der Waals surface area contributed by atoms with Gasteiger partial charge < -0.3 is 4.57 Å². The molecule has 0 unspecified atom stereocenters. The minimum Gasteiger partial charge on any atom is -0.310 e. The molecule has 1 aromatic heterocycles. The van der Waals surface area contributed by atoms with Crippen molar-refractivity contribution in [2.24, 2.45) is 0 Å². The van der Waals surface area contributed by atoms with Crippen molar-refractivity contribution in [2.45, 2.75) is 39.2 Å². The Balaban J connectivity index is 2.01. The summed E-state index contributed by atoms with van der Waals surface area (Å²) in [6, 6.07) is 10.4. The van der Waals surface area contributed by atoms with Crippen LogP contribution in [0.4, 0.5) is 0 Å². The van der Waals surface area contributed by atoms with E-state index in [9.17, 15) is 5.26 Å². The maximum atomic E-state index is 9.50. The number of hydrogen-bond acceptors (Lipinski definition) is 3. The lowest BCUT2D eigenvalue weighted by Crippen LogP contribution is -2.05. The predicted molar refractivity (Wildman–Crippen MR) is 82.2 cm³/mol. The SMILES string of the molecule is Cc1cccc(C=C(C#N)c2nnc3n2CCCCC3)c1. The fourth-order valence-electron chi connectivity index (χ4n) is 2.76. The van der Waals surface area contributed by atoms with E-state index in [0.717, 1.165) is 37.2 Å². The summed E-state index contributed by atoms with van der Waals surface area (Å²) in [6.07, 6.45) is 6.35. The maximum Gasteiger partial charge on any atom is 0.174 e. The molecule has 0 fully saturated rings. The molecule has 106 valence electrons. The van der Waals surface area contributed by atoms with Gasteiger partial charge >= 0.3 is 0 Å². The maximum absolute atomic E-state index is 9.50. The van der Waals surface area contributed by atoms with Gasteiger partial charge in [-0.1, -0.05) is 36.2 Å². The highest BCUT2D eigenvalue weighted by Gasteiger charge is 2.17. The molecular formula is C17H18N4. The Labute approximate surface area is 124 Å². The van der Waals surface area contributed by atoms with Gasteiger partial charge in [0.25, 0.3) is 0 Å². The molecule has 1 aliphatic heterocycles. The second-order valence-electron chi connectivity index (χ2n) is 5.49. The van der Waals surface area contributed by atoms with Gasteiger partial charge in [-0.05, 0) is 31.4 Å². The zero-order valence-corrected chi connectivity index (χ0v) is 12.2. The van der Waals surface area contributed by atoms with Gasteiger partial charge in [-0.15, -0.1) is 10.2 Å². The van der Waals surface area contributed by atoms with Crippen molar-refractivity contribution < 1.29 is 0 Å². The van der Waals surface area contributed by atoms with Crippen LogP contribution >= 0.6 is 0 Å². The monoisotopic (exact) mass is 278 g/mol. The van der Waals surface area contributed by atoms with Crippen LogP contribution in [-0.2, 0) is 13.0 Å². The number of aromatic nitrogens is 3. The standard InChI is InChI=1S/C17H18N4/c1-13-6-5-7-14(10-13)11-15(12-18)17-20-19-16-8-3-2-4-9-21(16)17/h5-7,10-11H,2-4,8-9H2,1H3. The number of rotatable bonds is 2. The van der Waals surface area contributed by atoms with Crippen molar-refractivity contribution >= 4 is 11.6 Å². The number of hydrogen-bond donors (Lipinski definition) is 0. The van der Waals surface area contributed by atoms with Gasteiger partial charge in [-0.25, -0.2) is 0 Å². The van der Waals surface area contributed by atoms with E-state index in [4.69, 9.17) is 0 Å². The Kier molecular flexibility index (Phi) is 3.83. The lowest BCUT2D eigenvalue weighted by Gasteiger charge is -2.06. The fraction of sp³-hybridized carbons (Fsp3) is 0.353. The van der Waals surface area contributed by atoms with E-state index in [0.29, 0.717) is 11.4 Å². The van der Waals surface area contributed by atoms with E-state index < -0.39 is 0 Å². The average Bonchev–Trinajstić information content (AvgIpc) is 2.73. The summed E-state index contributed by atoms with van der Waals surface area (Å²) in [5, 5.41) is 18.0. The first-order valence-corrected chi connectivity index (χ1v) is 7.39. The van der Waals surface area contributed by atoms with Gasteiger partial charge in [0.15, 0.2) is 5.82 Å². The smallest absolute Gasteiger partial charge is 0.174 e. The third-order valence-corrected chi connectivity index (χ3v) is 3.82. The summed E-state index contributed by atoms with van der Waals surface area (Å²) >= 11 is 0. The second kappa shape index (κ2) is 5.92. The average molecular weight is 278 g/mol. The Morgan fingerprint density at radius 3 is 3.00 bits per heavy atom. The molecule has 1 aliphatic rings. The Hall–Kier alpha value is -2.41. The van der Waals surface area contributed by atoms with E-state index in [-0.39, 0.29) is 0 Å². The molecule has 0 spiro atoms. The van der Waals surface area contributed by atoms with Crippen LogP contribution in [0.2, 0.25) is 0 Å². The lowest BCUT2D eigenvalue weighted by atomic mass is 10.1. The number of nitriles is 1. The minimum atomic E-state index is 0.584. The minimum absolute atomic E-state index is 0.584. The second-order valence-corrected chi connectivity index (χ2v) is 5.49. The molecule has 0 bridgehead atoms. The van der Waals surface area contributed by atoms with Gasteiger partial charge in [0.1, 0.15) is 11.9 Å². The summed E-state index contributed by atoms with van der Waals surface area (Å²) < 4.78 is 2.11. The molecule has 4 heteroatoms. The molecule has 4 nitrogen and oxygen atoms in total. The molecule has 0 N–H and O–H groups in total. The first-order valence-electron chi connectivity index (χ1n) is 7.39. The Morgan fingerprint density at radius 2 is 2.19 bits per heavy atom. The van der Waals surface area contributed by atoms with Crippen LogP contribution in [0.5, 0.6) is 0 Å². The summed E-state index contributed by atoms with van der Waals surface area (Å²) in [7, 11) is 0. The van der Waals surface area contributed by atoms with Gasteiger partial charge in [0, 0.05) is 13.0 Å². The van der Waals surface area contributed by atoms with E-state index in [1.54, 1.807) is 0 Å². The van der Waals surface area contributed by atoms with Crippen LogP contribution in [0.15, 0.2) is 24.3 Å². The topological polar surface area (TPSA) is 54.5 Å². The molecule has 2 aromatic rings.